The van der Waals surface area contributed by atoms with Gasteiger partial charge in [-0.1, -0.05) is 0 Å². The van der Waals surface area contributed by atoms with Crippen LogP contribution < -0.4 is 10.0 Å². The van der Waals surface area contributed by atoms with Gasteiger partial charge in [-0.15, -0.1) is 0 Å². The molecule has 0 radical (unpaired) electrons. The first-order valence-corrected chi connectivity index (χ1v) is 7.81. The van der Waals surface area contributed by atoms with E-state index in [-0.39, 0.29) is 11.8 Å². The molecule has 1 rings (SSSR count). The molecule has 18 heavy (non-hydrogen) atoms. The third-order valence-corrected chi connectivity index (χ3v) is 4.08. The van der Waals surface area contributed by atoms with Crippen LogP contribution in [0.4, 0.5) is 0 Å². The molecule has 1 aromatic heterocycles. The second-order valence-electron chi connectivity index (χ2n) is 4.38. The Labute approximate surface area is 109 Å². The molecule has 0 aliphatic heterocycles. The first kappa shape index (κ1) is 15.1. The lowest BCUT2D eigenvalue weighted by atomic mass is 10.3. The van der Waals surface area contributed by atoms with Crippen molar-refractivity contribution in [2.45, 2.75) is 32.4 Å². The standard InChI is InChI=1S/C11H22N4O2S/c1-11(10-15-8-5-7-13-15)14-18(16,17)9-4-3-6-12-2/h5,7-8,11-12,14H,3-4,6,9-10H2,1-2H3. The molecule has 0 saturated carbocycles. The fraction of sp³-hybridized carbons (Fsp3) is 0.727. The minimum atomic E-state index is -3.18. The van der Waals surface area contributed by atoms with Gasteiger partial charge >= 0.3 is 0 Å². The van der Waals surface area contributed by atoms with Crippen molar-refractivity contribution in [2.75, 3.05) is 19.3 Å². The van der Waals surface area contributed by atoms with Gasteiger partial charge in [0.2, 0.25) is 10.0 Å². The summed E-state index contributed by atoms with van der Waals surface area (Å²) in [4.78, 5) is 0. The summed E-state index contributed by atoms with van der Waals surface area (Å²) in [5.41, 5.74) is 0. The van der Waals surface area contributed by atoms with Gasteiger partial charge in [-0.25, -0.2) is 13.1 Å². The van der Waals surface area contributed by atoms with Crippen molar-refractivity contribution < 1.29 is 8.42 Å². The first-order chi connectivity index (χ1) is 8.53. The quantitative estimate of drug-likeness (QED) is 0.630. The average molecular weight is 274 g/mol. The highest BCUT2D eigenvalue weighted by Crippen LogP contribution is 1.98. The fourth-order valence-corrected chi connectivity index (χ4v) is 3.08. The number of rotatable bonds is 9. The predicted octanol–water partition coefficient (Wildman–Crippen LogP) is 0.191. The van der Waals surface area contributed by atoms with Crippen LogP contribution in [0.15, 0.2) is 18.5 Å². The van der Waals surface area contributed by atoms with Gasteiger partial charge in [0.15, 0.2) is 0 Å². The number of aromatic nitrogens is 2. The molecule has 2 N–H and O–H groups in total. The molecule has 0 bridgehead atoms. The smallest absolute Gasteiger partial charge is 0.211 e. The van der Waals surface area contributed by atoms with E-state index in [9.17, 15) is 8.42 Å². The van der Waals surface area contributed by atoms with Gasteiger partial charge in [-0.05, 0) is 39.4 Å². The molecular formula is C11H22N4O2S. The van der Waals surface area contributed by atoms with Gasteiger partial charge < -0.3 is 5.32 Å². The second-order valence-corrected chi connectivity index (χ2v) is 6.25. The lowest BCUT2D eigenvalue weighted by Crippen LogP contribution is -2.37. The van der Waals surface area contributed by atoms with Crippen LogP contribution in [0.1, 0.15) is 19.8 Å². The molecule has 1 aromatic rings. The van der Waals surface area contributed by atoms with E-state index in [1.165, 1.54) is 0 Å². The fourth-order valence-electron chi connectivity index (χ4n) is 1.69. The topological polar surface area (TPSA) is 76.0 Å². The summed E-state index contributed by atoms with van der Waals surface area (Å²) in [6.07, 6.45) is 5.03. The van der Waals surface area contributed by atoms with Gasteiger partial charge in [-0.2, -0.15) is 5.10 Å². The van der Waals surface area contributed by atoms with Crippen LogP contribution in [0.2, 0.25) is 0 Å². The van der Waals surface area contributed by atoms with Crippen LogP contribution in [-0.4, -0.2) is 43.6 Å². The molecule has 0 spiro atoms. The lowest BCUT2D eigenvalue weighted by molar-refractivity contribution is 0.492. The molecule has 0 aliphatic rings. The van der Waals surface area contributed by atoms with Gasteiger partial charge in [0.1, 0.15) is 0 Å². The zero-order valence-electron chi connectivity index (χ0n) is 11.0. The number of nitrogens with zero attached hydrogens (tertiary/aromatic N) is 2. The molecular weight excluding hydrogens is 252 g/mol. The van der Waals surface area contributed by atoms with Crippen LogP contribution >= 0.6 is 0 Å². The normalized spacial score (nSPS) is 13.7. The molecule has 0 fully saturated rings. The number of unbranched alkanes of at least 4 members (excludes halogenated alkanes) is 1. The Morgan fingerprint density at radius 2 is 2.17 bits per heavy atom. The summed E-state index contributed by atoms with van der Waals surface area (Å²) in [7, 11) is -1.32. The summed E-state index contributed by atoms with van der Waals surface area (Å²) in [6.45, 7) is 3.23. The Kier molecular flexibility index (Phi) is 6.31. The van der Waals surface area contributed by atoms with Crippen LogP contribution in [0.5, 0.6) is 0 Å². The van der Waals surface area contributed by atoms with Crippen molar-refractivity contribution in [3.8, 4) is 0 Å². The average Bonchev–Trinajstić information content (AvgIpc) is 2.76. The molecule has 104 valence electrons. The maximum atomic E-state index is 11.8. The molecule has 7 heteroatoms. The van der Waals surface area contributed by atoms with E-state index in [1.807, 2.05) is 26.2 Å². The maximum Gasteiger partial charge on any atom is 0.211 e. The van der Waals surface area contributed by atoms with E-state index in [1.54, 1.807) is 10.9 Å². The molecule has 0 amide bonds. The highest BCUT2D eigenvalue weighted by atomic mass is 32.2. The molecule has 6 nitrogen and oxygen atoms in total. The highest BCUT2D eigenvalue weighted by Gasteiger charge is 2.14. The minimum absolute atomic E-state index is 0.154. The third kappa shape index (κ3) is 6.13. The van der Waals surface area contributed by atoms with Gasteiger partial charge in [0.05, 0.1) is 12.3 Å². The SMILES string of the molecule is CNCCCCS(=O)(=O)NC(C)Cn1cccn1. The van der Waals surface area contributed by atoms with E-state index < -0.39 is 10.0 Å². The number of hydrogen-bond acceptors (Lipinski definition) is 4. The Morgan fingerprint density at radius 3 is 2.78 bits per heavy atom. The first-order valence-electron chi connectivity index (χ1n) is 6.15. The van der Waals surface area contributed by atoms with E-state index in [2.05, 4.69) is 15.1 Å². The summed E-state index contributed by atoms with van der Waals surface area (Å²) in [5.74, 6) is 0.179. The van der Waals surface area contributed by atoms with Crippen molar-refractivity contribution in [3.05, 3.63) is 18.5 Å². The van der Waals surface area contributed by atoms with E-state index in [0.717, 1.165) is 13.0 Å². The minimum Gasteiger partial charge on any atom is -0.320 e. The summed E-state index contributed by atoms with van der Waals surface area (Å²) >= 11 is 0. The number of nitrogens with one attached hydrogen (secondary N) is 2. The molecule has 0 aromatic carbocycles. The molecule has 0 aliphatic carbocycles. The van der Waals surface area contributed by atoms with Gasteiger partial charge in [0, 0.05) is 18.4 Å². The Hall–Kier alpha value is -0.920. The van der Waals surface area contributed by atoms with E-state index >= 15 is 0 Å². The van der Waals surface area contributed by atoms with E-state index in [0.29, 0.717) is 13.0 Å². The van der Waals surface area contributed by atoms with Crippen LogP contribution in [0.3, 0.4) is 0 Å². The van der Waals surface area contributed by atoms with Crippen LogP contribution in [0, 0.1) is 0 Å². The van der Waals surface area contributed by atoms with Crippen molar-refractivity contribution in [1.29, 1.82) is 0 Å². The van der Waals surface area contributed by atoms with E-state index in [4.69, 9.17) is 0 Å². The molecule has 1 heterocycles. The van der Waals surface area contributed by atoms with Crippen LogP contribution in [0.25, 0.3) is 0 Å². The Morgan fingerprint density at radius 1 is 1.39 bits per heavy atom. The zero-order chi connectivity index (χ0) is 13.4. The monoisotopic (exact) mass is 274 g/mol. The Balaban J connectivity index is 2.30. The maximum absolute atomic E-state index is 11.8. The third-order valence-electron chi connectivity index (χ3n) is 2.49. The zero-order valence-corrected chi connectivity index (χ0v) is 11.8. The number of hydrogen-bond donors (Lipinski definition) is 2. The largest absolute Gasteiger partial charge is 0.320 e. The van der Waals surface area contributed by atoms with Crippen molar-refractivity contribution in [2.24, 2.45) is 0 Å². The summed E-state index contributed by atoms with van der Waals surface area (Å²) in [5, 5.41) is 7.04. The van der Waals surface area contributed by atoms with Crippen molar-refractivity contribution in [1.82, 2.24) is 19.8 Å². The molecule has 1 atom stereocenters. The molecule has 1 unspecified atom stereocenters. The second kappa shape index (κ2) is 7.50. The summed E-state index contributed by atoms with van der Waals surface area (Å²) < 4.78 is 27.9. The molecule has 0 saturated heterocycles. The Bertz CT molecular complexity index is 416. The van der Waals surface area contributed by atoms with Gasteiger partial charge in [-0.3, -0.25) is 4.68 Å². The highest BCUT2D eigenvalue weighted by molar-refractivity contribution is 7.89. The summed E-state index contributed by atoms with van der Waals surface area (Å²) in [6, 6.07) is 1.66. The van der Waals surface area contributed by atoms with Crippen LogP contribution in [-0.2, 0) is 16.6 Å². The van der Waals surface area contributed by atoms with Gasteiger partial charge in [0.25, 0.3) is 0 Å². The van der Waals surface area contributed by atoms with Crippen molar-refractivity contribution >= 4 is 10.0 Å². The number of sulfonamides is 1. The predicted molar refractivity (Wildman–Crippen MR) is 71.8 cm³/mol. The lowest BCUT2D eigenvalue weighted by Gasteiger charge is -2.14. The van der Waals surface area contributed by atoms with Crippen molar-refractivity contribution in [3.63, 3.8) is 0 Å².